The first-order valence-electron chi connectivity index (χ1n) is 11.2. The summed E-state index contributed by atoms with van der Waals surface area (Å²) < 4.78 is 29.9. The van der Waals surface area contributed by atoms with Crippen LogP contribution < -0.4 is 4.90 Å². The lowest BCUT2D eigenvalue weighted by atomic mass is 9.97. The molecule has 0 bridgehead atoms. The van der Waals surface area contributed by atoms with Crippen molar-refractivity contribution in [2.45, 2.75) is 31.3 Å². The maximum atomic E-state index is 13.4. The molecule has 180 valence electrons. The normalized spacial score (nSPS) is 12.5. The monoisotopic (exact) mass is 489 g/mol. The lowest BCUT2D eigenvalue weighted by Crippen LogP contribution is -2.14. The van der Waals surface area contributed by atoms with Crippen molar-refractivity contribution in [1.29, 1.82) is 0 Å². The Morgan fingerprint density at radius 1 is 0.943 bits per heavy atom. The van der Waals surface area contributed by atoms with Gasteiger partial charge in [-0.3, -0.25) is 4.40 Å². The van der Waals surface area contributed by atoms with Gasteiger partial charge >= 0.3 is 0 Å². The van der Waals surface area contributed by atoms with E-state index in [2.05, 4.69) is 4.98 Å². The van der Waals surface area contributed by atoms with Crippen molar-refractivity contribution in [3.05, 3.63) is 78.1 Å². The number of aryl methyl sites for hydroxylation is 1. The van der Waals surface area contributed by atoms with E-state index in [9.17, 15) is 13.5 Å². The second-order valence-corrected chi connectivity index (χ2v) is 11.2. The zero-order chi connectivity index (χ0) is 25.1. The van der Waals surface area contributed by atoms with Gasteiger partial charge in [-0.05, 0) is 44.5 Å². The lowest BCUT2D eigenvalue weighted by Gasteiger charge is -2.17. The third-order valence-electron chi connectivity index (χ3n) is 6.09. The Morgan fingerprint density at radius 2 is 1.60 bits per heavy atom. The minimum atomic E-state index is -3.82. The molecule has 0 unspecified atom stereocenters. The quantitative estimate of drug-likeness (QED) is 0.398. The summed E-state index contributed by atoms with van der Waals surface area (Å²) in [7, 11) is -0.0395. The summed E-state index contributed by atoms with van der Waals surface area (Å²) in [6.07, 6.45) is 3.19. The number of imidazole rings is 1. The van der Waals surface area contributed by atoms with Crippen LogP contribution in [0.2, 0.25) is 0 Å². The lowest BCUT2D eigenvalue weighted by molar-refractivity contribution is 0.0786. The van der Waals surface area contributed by atoms with Gasteiger partial charge in [0.2, 0.25) is 5.95 Å². The van der Waals surface area contributed by atoms with E-state index in [-0.39, 0.29) is 4.90 Å². The van der Waals surface area contributed by atoms with Gasteiger partial charge in [-0.2, -0.15) is 0 Å². The van der Waals surface area contributed by atoms with Crippen molar-refractivity contribution in [1.82, 2.24) is 18.3 Å². The highest BCUT2D eigenvalue weighted by Crippen LogP contribution is 2.33. The molecule has 8 nitrogen and oxygen atoms in total. The molecule has 0 atom stereocenters. The number of hydrogen-bond donors (Lipinski definition) is 1. The SMILES string of the molecule is Cc1ccc(S(=O)(=O)n2ccc3c2ncc2c(-c4ccc(C(C)(C)O)cc4)nc(N(C)C)n23)cc1. The molecule has 1 N–H and O–H groups in total. The third-order valence-corrected chi connectivity index (χ3v) is 7.77. The number of aromatic nitrogens is 4. The van der Waals surface area contributed by atoms with Crippen molar-refractivity contribution >= 4 is 32.7 Å². The van der Waals surface area contributed by atoms with Gasteiger partial charge in [0.1, 0.15) is 0 Å². The molecule has 0 amide bonds. The highest BCUT2D eigenvalue weighted by Gasteiger charge is 2.24. The van der Waals surface area contributed by atoms with Crippen molar-refractivity contribution in [3.63, 3.8) is 0 Å². The maximum absolute atomic E-state index is 13.4. The van der Waals surface area contributed by atoms with E-state index >= 15 is 0 Å². The van der Waals surface area contributed by atoms with Gasteiger partial charge in [0, 0.05) is 25.9 Å². The van der Waals surface area contributed by atoms with Crippen LogP contribution in [0.5, 0.6) is 0 Å². The van der Waals surface area contributed by atoms with Gasteiger partial charge in [0.05, 0.1) is 33.4 Å². The fourth-order valence-electron chi connectivity index (χ4n) is 4.16. The Hall–Kier alpha value is -3.69. The minimum absolute atomic E-state index is 0.202. The largest absolute Gasteiger partial charge is 0.386 e. The Balaban J connectivity index is 1.71. The van der Waals surface area contributed by atoms with Crippen LogP contribution in [0.4, 0.5) is 5.95 Å². The molecule has 0 aliphatic carbocycles. The Kier molecular flexibility index (Phi) is 5.23. The van der Waals surface area contributed by atoms with Gasteiger partial charge in [-0.1, -0.05) is 42.0 Å². The molecular weight excluding hydrogens is 462 g/mol. The molecule has 0 saturated heterocycles. The zero-order valence-electron chi connectivity index (χ0n) is 20.3. The average Bonchev–Trinajstić information content (AvgIpc) is 3.41. The first-order valence-corrected chi connectivity index (χ1v) is 12.6. The zero-order valence-corrected chi connectivity index (χ0v) is 21.1. The van der Waals surface area contributed by atoms with Crippen molar-refractivity contribution in [3.8, 4) is 11.3 Å². The van der Waals surface area contributed by atoms with Crippen LogP contribution in [-0.2, 0) is 15.6 Å². The van der Waals surface area contributed by atoms with Crippen LogP contribution in [0.1, 0.15) is 25.0 Å². The first kappa shape index (κ1) is 23.1. The number of anilines is 1. The van der Waals surface area contributed by atoms with E-state index in [4.69, 9.17) is 4.98 Å². The van der Waals surface area contributed by atoms with E-state index in [1.165, 1.54) is 10.2 Å². The molecule has 0 saturated carbocycles. The van der Waals surface area contributed by atoms with Crippen LogP contribution in [-0.4, -0.2) is 46.0 Å². The Morgan fingerprint density at radius 3 is 2.20 bits per heavy atom. The average molecular weight is 490 g/mol. The second kappa shape index (κ2) is 7.93. The predicted molar refractivity (Wildman–Crippen MR) is 137 cm³/mol. The molecule has 3 aromatic heterocycles. The number of nitrogens with zero attached hydrogens (tertiary/aromatic N) is 5. The van der Waals surface area contributed by atoms with Crippen LogP contribution in [0.15, 0.2) is 71.9 Å². The topological polar surface area (TPSA) is 92.7 Å². The van der Waals surface area contributed by atoms with E-state index < -0.39 is 15.6 Å². The van der Waals surface area contributed by atoms with Gasteiger partial charge in [0.25, 0.3) is 10.0 Å². The van der Waals surface area contributed by atoms with Gasteiger partial charge in [-0.15, -0.1) is 0 Å². The molecule has 0 radical (unpaired) electrons. The molecule has 3 heterocycles. The smallest absolute Gasteiger partial charge is 0.269 e. The molecule has 9 heteroatoms. The summed E-state index contributed by atoms with van der Waals surface area (Å²) >= 11 is 0. The molecule has 0 spiro atoms. The molecule has 5 rings (SSSR count). The first-order chi connectivity index (χ1) is 16.5. The molecule has 2 aromatic carbocycles. The number of rotatable bonds is 5. The van der Waals surface area contributed by atoms with Gasteiger partial charge < -0.3 is 10.0 Å². The second-order valence-electron chi connectivity index (χ2n) is 9.41. The molecule has 5 aromatic rings. The molecule has 35 heavy (non-hydrogen) atoms. The highest BCUT2D eigenvalue weighted by atomic mass is 32.2. The predicted octanol–water partition coefficient (Wildman–Crippen LogP) is 4.19. The summed E-state index contributed by atoms with van der Waals surface area (Å²) in [5, 5.41) is 10.3. The standard InChI is InChI=1S/C26H27N5O3S/c1-17-6-12-20(13-7-17)35(33,34)30-15-14-21-24(30)27-16-22-23(28-25(29(4)5)31(21)22)18-8-10-19(11-9-18)26(2,3)32/h6-16,32H,1-5H3. The fraction of sp³-hybridized carbons (Fsp3) is 0.231. The van der Waals surface area contributed by atoms with Crippen molar-refractivity contribution in [2.24, 2.45) is 0 Å². The fourth-order valence-corrected chi connectivity index (χ4v) is 5.46. The Bertz CT molecular complexity index is 1660. The van der Waals surface area contributed by atoms with Crippen LogP contribution in [0.25, 0.3) is 27.9 Å². The maximum Gasteiger partial charge on any atom is 0.269 e. The summed E-state index contributed by atoms with van der Waals surface area (Å²) in [5.41, 5.74) is 4.15. The van der Waals surface area contributed by atoms with Gasteiger partial charge in [0.15, 0.2) is 5.65 Å². The number of aliphatic hydroxyl groups is 1. The summed E-state index contributed by atoms with van der Waals surface area (Å²) in [6, 6.07) is 16.1. The number of fused-ring (bicyclic) bond motifs is 3. The highest BCUT2D eigenvalue weighted by molar-refractivity contribution is 7.90. The van der Waals surface area contributed by atoms with Crippen LogP contribution >= 0.6 is 0 Å². The number of benzene rings is 2. The van der Waals surface area contributed by atoms with Gasteiger partial charge in [-0.25, -0.2) is 22.4 Å². The molecule has 0 aliphatic rings. The van der Waals surface area contributed by atoms with Crippen LogP contribution in [0, 0.1) is 6.92 Å². The summed E-state index contributed by atoms with van der Waals surface area (Å²) in [5.74, 6) is 0.652. The summed E-state index contributed by atoms with van der Waals surface area (Å²) in [4.78, 5) is 11.5. The molecular formula is C26H27N5O3S. The van der Waals surface area contributed by atoms with E-state index in [0.29, 0.717) is 17.1 Å². The summed E-state index contributed by atoms with van der Waals surface area (Å²) in [6.45, 7) is 5.40. The van der Waals surface area contributed by atoms with Crippen molar-refractivity contribution < 1.29 is 13.5 Å². The Labute approximate surface area is 204 Å². The van der Waals surface area contributed by atoms with Crippen LogP contribution in [0.3, 0.4) is 0 Å². The third kappa shape index (κ3) is 3.77. The molecule has 0 fully saturated rings. The van der Waals surface area contributed by atoms with Crippen molar-refractivity contribution in [2.75, 3.05) is 19.0 Å². The minimum Gasteiger partial charge on any atom is -0.386 e. The van der Waals surface area contributed by atoms with E-state index in [0.717, 1.165) is 27.9 Å². The van der Waals surface area contributed by atoms with E-state index in [1.54, 1.807) is 50.4 Å². The van der Waals surface area contributed by atoms with E-state index in [1.807, 2.05) is 54.6 Å². The molecule has 0 aliphatic heterocycles. The number of hydrogen-bond acceptors (Lipinski definition) is 6.